The number of fused-ring (bicyclic) bond motifs is 8. The van der Waals surface area contributed by atoms with Crippen molar-refractivity contribution in [2.75, 3.05) is 9.80 Å². The number of benzene rings is 10. The van der Waals surface area contributed by atoms with Crippen LogP contribution in [0.2, 0.25) is 0 Å². The van der Waals surface area contributed by atoms with Crippen LogP contribution in [0.1, 0.15) is 488 Å². The van der Waals surface area contributed by atoms with Gasteiger partial charge in [-0.3, -0.25) is 0 Å². The summed E-state index contributed by atoms with van der Waals surface area (Å²) in [7, 11) is 0. The van der Waals surface area contributed by atoms with E-state index >= 15 is 10.2 Å². The molecule has 8 nitrogen and oxygen atoms in total. The molecule has 0 atom stereocenters. The topological polar surface area (TPSA) is 134 Å². The third-order valence-corrected chi connectivity index (χ3v) is 42.9. The lowest BCUT2D eigenvalue weighted by Crippen LogP contribution is -2.63. The third-order valence-electron chi connectivity index (χ3n) is 42.9. The number of anilines is 6. The van der Waals surface area contributed by atoms with Crippen LogP contribution in [0.25, 0.3) is 44.5 Å². The van der Waals surface area contributed by atoms with E-state index in [9.17, 15) is 20.4 Å². The average molecular weight is 1930 g/mol. The SMILES string of the molecule is CCC1(CC)CC(C)(C)c2c1cc1c(c2-c2ccc(N(c3ccc(-c4c5c(cc6c4C(C)(C)CC6(CC)CC)C(CC)(CC)CC5(C)C)cc3)c3cc(O)c(C4C([O-])C(c5c(O)cc(N(c6ccc(-c7c8c(cc9c7C(C)(C)CC9(CC)CC)C(CC)(CC)CC8(C)C)cc6)c6ccc(-c7c8c(cc9c7C(C)(C)CC9(CC)CC)C(CC)(CC)CC8(C)C)cc6)cc5O)C4[O-])c(O)c3)cc2)C(C)(C)CC1(CC)CC. The minimum atomic E-state index is -1.79. The third kappa shape index (κ3) is 14.5. The highest BCUT2D eigenvalue weighted by Crippen LogP contribution is 2.71. The van der Waals surface area contributed by atoms with E-state index in [1.54, 1.807) is 24.3 Å². The molecule has 768 valence electrons. The summed E-state index contributed by atoms with van der Waals surface area (Å²) in [4.78, 5) is 4.23. The van der Waals surface area contributed by atoms with Gasteiger partial charge in [-0.25, -0.2) is 0 Å². The van der Waals surface area contributed by atoms with E-state index in [4.69, 9.17) is 0 Å². The monoisotopic (exact) mass is 1930 g/mol. The normalized spacial score (nSPS) is 23.2. The second-order valence-corrected chi connectivity index (χ2v) is 53.4. The van der Waals surface area contributed by atoms with Gasteiger partial charge in [0.05, 0.1) is 11.4 Å². The van der Waals surface area contributed by atoms with Crippen molar-refractivity contribution in [2.45, 2.75) is 486 Å². The highest BCUT2D eigenvalue weighted by atomic mass is 16.3. The molecule has 8 heteroatoms. The van der Waals surface area contributed by atoms with Gasteiger partial charge in [0.2, 0.25) is 0 Å². The molecule has 0 amide bonds. The smallest absolute Gasteiger partial charge is 0.124 e. The lowest BCUT2D eigenvalue weighted by atomic mass is 9.62. The Balaban J connectivity index is 0.734. The Morgan fingerprint density at radius 2 is 0.340 bits per heavy atom. The van der Waals surface area contributed by atoms with Gasteiger partial charge >= 0.3 is 0 Å². The molecule has 0 heterocycles. The van der Waals surface area contributed by atoms with E-state index in [2.05, 4.69) is 353 Å². The summed E-state index contributed by atoms with van der Waals surface area (Å²) < 4.78 is 0. The van der Waals surface area contributed by atoms with Crippen molar-refractivity contribution in [3.8, 4) is 67.5 Å². The standard InChI is InChI=1S/C136H176N2O6/c1-33-129(34-2)73-121(17,18)111-91(129)69-92-112(122(19,20)74-130(92,35-3)36-4)103(111)81-49-57-85(58-50-81)137(86-59-51-82(52-60-86)104-113-93(131(37-5,38-6)75-123(113,21)22)70-94-114(104)124(23,24)76-132(94,39-7)40-8)89-65-99(139)107(100(140)66-89)109-119(143)110(120(109)144)108-101(141)67-90(68-102(108)142)138(87-61-53-83(54-62-87)105-115-95(133(41-9,42-10)77-125(115,25)26)71-96-116(105)126(27,28)78-134(96,43-11)44-12)88-63-55-84(56-64-88)106-117-97(135(45-13,46-14)79-127(117,29)30)72-98-118(106)128(31,32)80-136(98,47-15)48-16/h49-72,109-110,119-120,139-142H,33-48,73-80H2,1-32H3/q-2. The number of hydrogen-bond donors (Lipinski definition) is 4. The van der Waals surface area contributed by atoms with E-state index in [-0.39, 0.29) is 121 Å². The van der Waals surface area contributed by atoms with Crippen LogP contribution < -0.4 is 20.0 Å². The second-order valence-electron chi connectivity index (χ2n) is 53.4. The summed E-state index contributed by atoms with van der Waals surface area (Å²) in [5.74, 6) is -4.40. The van der Waals surface area contributed by atoms with E-state index in [1.165, 1.54) is 134 Å². The van der Waals surface area contributed by atoms with Crippen molar-refractivity contribution >= 4 is 34.1 Å². The predicted molar refractivity (Wildman–Crippen MR) is 603 cm³/mol. The summed E-state index contributed by atoms with van der Waals surface area (Å²) >= 11 is 0. The Labute approximate surface area is 868 Å². The van der Waals surface area contributed by atoms with Crippen LogP contribution in [0.4, 0.5) is 34.1 Å². The fourth-order valence-corrected chi connectivity index (χ4v) is 35.6. The number of rotatable bonds is 28. The molecule has 9 aliphatic rings. The molecular formula is C136H176N2O6-2. The molecule has 9 aliphatic carbocycles. The zero-order valence-electron chi connectivity index (χ0n) is 94.6. The lowest BCUT2D eigenvalue weighted by Gasteiger charge is -2.61. The summed E-state index contributed by atoms with van der Waals surface area (Å²) in [6.45, 7) is 78.1. The fraction of sp³-hybridized carbons (Fsp3) is 0.559. The van der Waals surface area contributed by atoms with Gasteiger partial charge in [-0.1, -0.05) is 294 Å². The molecule has 1 saturated carbocycles. The number of phenols is 4. The Kier molecular flexibility index (Phi) is 25.0. The van der Waals surface area contributed by atoms with Gasteiger partial charge < -0.3 is 40.4 Å². The van der Waals surface area contributed by atoms with Crippen molar-refractivity contribution in [1.82, 2.24) is 0 Å². The Morgan fingerprint density at radius 1 is 0.208 bits per heavy atom. The molecule has 144 heavy (non-hydrogen) atoms. The van der Waals surface area contributed by atoms with Crippen molar-refractivity contribution < 1.29 is 30.6 Å². The molecule has 4 N–H and O–H groups in total. The molecule has 10 aromatic carbocycles. The molecule has 0 aliphatic heterocycles. The first-order valence-electron chi connectivity index (χ1n) is 57.1. The molecule has 0 radical (unpaired) electrons. The highest BCUT2D eigenvalue weighted by molar-refractivity contribution is 5.91. The van der Waals surface area contributed by atoms with Crippen LogP contribution in [0, 0.1) is 0 Å². The number of phenolic OH excluding ortho intramolecular Hbond substituents is 4. The van der Waals surface area contributed by atoms with Crippen LogP contribution in [0.15, 0.2) is 146 Å². The summed E-state index contributed by atoms with van der Waals surface area (Å²) in [6, 6.07) is 53.6. The van der Waals surface area contributed by atoms with Crippen LogP contribution in [0.5, 0.6) is 23.0 Å². The summed E-state index contributed by atoms with van der Waals surface area (Å²) in [6.07, 6.45) is 22.3. The Bertz CT molecular complexity index is 5680. The van der Waals surface area contributed by atoms with Crippen LogP contribution >= 0.6 is 0 Å². The van der Waals surface area contributed by atoms with Gasteiger partial charge in [0.1, 0.15) is 23.0 Å². The highest BCUT2D eigenvalue weighted by Gasteiger charge is 2.61. The van der Waals surface area contributed by atoms with Gasteiger partial charge in [0, 0.05) is 58.1 Å². The molecule has 0 saturated heterocycles. The van der Waals surface area contributed by atoms with Crippen molar-refractivity contribution in [1.29, 1.82) is 0 Å². The lowest BCUT2D eigenvalue weighted by molar-refractivity contribution is -0.536. The number of hydrogen-bond acceptors (Lipinski definition) is 8. The molecule has 19 rings (SSSR count). The van der Waals surface area contributed by atoms with Crippen molar-refractivity contribution in [3.05, 3.63) is 246 Å². The average Bonchev–Trinajstić information content (AvgIpc) is 1.53. The quantitative estimate of drug-likeness (QED) is 0.0381. The maximum atomic E-state index is 15.8. The maximum absolute atomic E-state index is 15.8. The minimum absolute atomic E-state index is 0.0453. The first-order chi connectivity index (χ1) is 67.8. The van der Waals surface area contributed by atoms with Gasteiger partial charge in [0.15, 0.2) is 0 Å². The first kappa shape index (κ1) is 103. The zero-order chi connectivity index (χ0) is 104. The molecular weight excluding hydrogens is 1760 g/mol. The number of nitrogens with zero attached hydrogens (tertiary/aromatic N) is 2. The summed E-state index contributed by atoms with van der Waals surface area (Å²) in [5.41, 5.74) is 37.7. The van der Waals surface area contributed by atoms with E-state index < -0.39 is 24.0 Å². The Morgan fingerprint density at radius 3 is 0.465 bits per heavy atom. The van der Waals surface area contributed by atoms with E-state index in [0.29, 0.717) is 11.4 Å². The zero-order valence-corrected chi connectivity index (χ0v) is 94.6. The maximum Gasteiger partial charge on any atom is 0.124 e. The molecule has 0 spiro atoms. The van der Waals surface area contributed by atoms with Gasteiger partial charge in [0.25, 0.3) is 0 Å². The van der Waals surface area contributed by atoms with E-state index in [1.807, 2.05) is 0 Å². The molecule has 1 fully saturated rings. The van der Waals surface area contributed by atoms with Gasteiger partial charge in [-0.05, 0) is 435 Å². The van der Waals surface area contributed by atoms with Crippen molar-refractivity contribution in [3.63, 3.8) is 0 Å². The van der Waals surface area contributed by atoms with E-state index in [0.717, 1.165) is 177 Å². The minimum Gasteiger partial charge on any atom is -0.851 e. The van der Waals surface area contributed by atoms with Gasteiger partial charge in [-0.15, -0.1) is 12.2 Å². The Hall–Kier alpha value is -9.08. The fourth-order valence-electron chi connectivity index (χ4n) is 35.6. The van der Waals surface area contributed by atoms with Crippen molar-refractivity contribution in [2.24, 2.45) is 0 Å². The number of aromatic hydroxyl groups is 4. The van der Waals surface area contributed by atoms with Crippen LogP contribution in [-0.4, -0.2) is 32.6 Å². The molecule has 0 bridgehead atoms. The molecule has 0 aromatic heterocycles. The first-order valence-corrected chi connectivity index (χ1v) is 57.1. The van der Waals surface area contributed by atoms with Crippen LogP contribution in [-0.2, 0) is 86.6 Å². The van der Waals surface area contributed by atoms with Crippen LogP contribution in [0.3, 0.4) is 0 Å². The second kappa shape index (κ2) is 34.8. The van der Waals surface area contributed by atoms with Gasteiger partial charge in [-0.2, -0.15) is 0 Å². The predicted octanol–water partition coefficient (Wildman–Crippen LogP) is 35.4. The largest absolute Gasteiger partial charge is 0.851 e. The summed E-state index contributed by atoms with van der Waals surface area (Å²) in [5, 5.41) is 83.7. The molecule has 10 aromatic rings. The molecule has 0 unspecified atom stereocenters.